The third kappa shape index (κ3) is 2.13. The standard InChI is InChI=1S/C18H18O6/c1-4-9-22-15(20)18-10-17(3,24-11(2)19)14(18)12-7-5-6-8-13(12)23-16(18)21/h4-8,14H,1,9-10H2,2-3H3/t14-,17-,18+/m1/s1. The molecule has 6 nitrogen and oxygen atoms in total. The molecule has 6 heteroatoms. The van der Waals surface area contributed by atoms with Crippen molar-refractivity contribution in [3.63, 3.8) is 0 Å². The van der Waals surface area contributed by atoms with Gasteiger partial charge in [0, 0.05) is 18.9 Å². The van der Waals surface area contributed by atoms with Crippen molar-refractivity contribution in [3.05, 3.63) is 42.5 Å². The molecule has 0 amide bonds. The minimum atomic E-state index is -1.50. The summed E-state index contributed by atoms with van der Waals surface area (Å²) in [5.74, 6) is -2.11. The van der Waals surface area contributed by atoms with Gasteiger partial charge in [0.25, 0.3) is 0 Å². The minimum absolute atomic E-state index is 0.00743. The number of hydrogen-bond donors (Lipinski definition) is 0. The fraction of sp³-hybridized carbons (Fsp3) is 0.389. The highest BCUT2D eigenvalue weighted by Crippen LogP contribution is 2.65. The van der Waals surface area contributed by atoms with Crippen LogP contribution in [0.2, 0.25) is 0 Å². The van der Waals surface area contributed by atoms with Crippen molar-refractivity contribution in [3.8, 4) is 5.75 Å². The number of esters is 3. The van der Waals surface area contributed by atoms with E-state index in [-0.39, 0.29) is 13.0 Å². The van der Waals surface area contributed by atoms with Crippen molar-refractivity contribution in [1.29, 1.82) is 0 Å². The largest absolute Gasteiger partial charge is 0.461 e. The van der Waals surface area contributed by atoms with E-state index in [1.54, 1.807) is 31.2 Å². The van der Waals surface area contributed by atoms with Crippen molar-refractivity contribution < 1.29 is 28.6 Å². The Morgan fingerprint density at radius 3 is 2.79 bits per heavy atom. The van der Waals surface area contributed by atoms with Crippen LogP contribution in [0.5, 0.6) is 5.75 Å². The van der Waals surface area contributed by atoms with Crippen molar-refractivity contribution in [2.24, 2.45) is 5.41 Å². The third-order valence-electron chi connectivity index (χ3n) is 4.60. The number of carbonyl (C=O) groups excluding carboxylic acids is 3. The van der Waals surface area contributed by atoms with E-state index in [0.717, 1.165) is 0 Å². The molecule has 3 atom stereocenters. The normalized spacial score (nSPS) is 30.1. The van der Waals surface area contributed by atoms with E-state index < -0.39 is 34.8 Å². The smallest absolute Gasteiger partial charge is 0.329 e. The van der Waals surface area contributed by atoms with Gasteiger partial charge in [-0.05, 0) is 13.0 Å². The molecule has 0 N–H and O–H groups in total. The van der Waals surface area contributed by atoms with Crippen molar-refractivity contribution in [2.45, 2.75) is 31.8 Å². The molecule has 1 saturated carbocycles. The molecular weight excluding hydrogens is 312 g/mol. The molecular formula is C18H18O6. The van der Waals surface area contributed by atoms with Crippen LogP contribution in [0.15, 0.2) is 36.9 Å². The molecule has 126 valence electrons. The molecule has 1 aliphatic heterocycles. The summed E-state index contributed by atoms with van der Waals surface area (Å²) in [5, 5.41) is 0. The van der Waals surface area contributed by atoms with Crippen LogP contribution in [0.3, 0.4) is 0 Å². The molecule has 2 aliphatic rings. The molecule has 0 spiro atoms. The Morgan fingerprint density at radius 2 is 2.12 bits per heavy atom. The van der Waals surface area contributed by atoms with Crippen LogP contribution < -0.4 is 4.74 Å². The van der Waals surface area contributed by atoms with Gasteiger partial charge in [0.1, 0.15) is 18.0 Å². The maximum atomic E-state index is 12.6. The van der Waals surface area contributed by atoms with Crippen LogP contribution in [-0.2, 0) is 23.9 Å². The highest BCUT2D eigenvalue weighted by atomic mass is 16.6. The lowest BCUT2D eigenvalue weighted by Gasteiger charge is -2.58. The first-order valence-electron chi connectivity index (χ1n) is 7.64. The van der Waals surface area contributed by atoms with Gasteiger partial charge in [-0.1, -0.05) is 30.9 Å². The second kappa shape index (κ2) is 5.47. The molecule has 0 radical (unpaired) electrons. The molecule has 0 bridgehead atoms. The van der Waals surface area contributed by atoms with Gasteiger partial charge in [0.2, 0.25) is 0 Å². The maximum Gasteiger partial charge on any atom is 0.329 e. The molecule has 0 aromatic heterocycles. The lowest BCUT2D eigenvalue weighted by atomic mass is 9.48. The van der Waals surface area contributed by atoms with Crippen molar-refractivity contribution in [2.75, 3.05) is 6.61 Å². The molecule has 24 heavy (non-hydrogen) atoms. The second-order valence-electron chi connectivity index (χ2n) is 6.30. The Morgan fingerprint density at radius 1 is 1.42 bits per heavy atom. The van der Waals surface area contributed by atoms with E-state index in [1.165, 1.54) is 13.0 Å². The lowest BCUT2D eigenvalue weighted by molar-refractivity contribution is -0.218. The van der Waals surface area contributed by atoms with Crippen LogP contribution in [0.25, 0.3) is 0 Å². The van der Waals surface area contributed by atoms with Gasteiger partial charge in [-0.25, -0.2) is 0 Å². The van der Waals surface area contributed by atoms with Crippen LogP contribution >= 0.6 is 0 Å². The topological polar surface area (TPSA) is 78.9 Å². The summed E-state index contributed by atoms with van der Waals surface area (Å²) in [6.07, 6.45) is 1.45. The monoisotopic (exact) mass is 330 g/mol. The zero-order chi connectivity index (χ0) is 17.5. The summed E-state index contributed by atoms with van der Waals surface area (Å²) >= 11 is 0. The molecule has 3 rings (SSSR count). The minimum Gasteiger partial charge on any atom is -0.461 e. The van der Waals surface area contributed by atoms with Gasteiger partial charge in [-0.15, -0.1) is 0 Å². The van der Waals surface area contributed by atoms with E-state index >= 15 is 0 Å². The predicted molar refractivity (Wildman–Crippen MR) is 83.2 cm³/mol. The Labute approximate surface area is 139 Å². The molecule has 1 aromatic carbocycles. The maximum absolute atomic E-state index is 12.6. The average molecular weight is 330 g/mol. The zero-order valence-electron chi connectivity index (χ0n) is 13.5. The van der Waals surface area contributed by atoms with E-state index in [0.29, 0.717) is 11.3 Å². The number of fused-ring (bicyclic) bond motifs is 3. The van der Waals surface area contributed by atoms with Crippen molar-refractivity contribution in [1.82, 2.24) is 0 Å². The Bertz CT molecular complexity index is 739. The Kier molecular flexibility index (Phi) is 3.70. The summed E-state index contributed by atoms with van der Waals surface area (Å²) in [7, 11) is 0. The molecule has 1 aromatic rings. The molecule has 0 unspecified atom stereocenters. The van der Waals surface area contributed by atoms with E-state index in [4.69, 9.17) is 14.2 Å². The first-order valence-corrected chi connectivity index (χ1v) is 7.64. The quantitative estimate of drug-likeness (QED) is 0.364. The van der Waals surface area contributed by atoms with E-state index in [9.17, 15) is 14.4 Å². The fourth-order valence-corrected chi connectivity index (χ4v) is 3.90. The number of benzene rings is 1. The van der Waals surface area contributed by atoms with Crippen molar-refractivity contribution >= 4 is 17.9 Å². The molecule has 1 fully saturated rings. The number of para-hydroxylation sites is 1. The number of carbonyl (C=O) groups is 3. The van der Waals surface area contributed by atoms with Crippen LogP contribution in [-0.4, -0.2) is 30.1 Å². The Hall–Kier alpha value is -2.63. The highest BCUT2D eigenvalue weighted by Gasteiger charge is 2.75. The molecule has 1 aliphatic carbocycles. The highest BCUT2D eigenvalue weighted by molar-refractivity contribution is 6.05. The number of rotatable bonds is 4. The predicted octanol–water partition coefficient (Wildman–Crippen LogP) is 2.13. The summed E-state index contributed by atoms with van der Waals surface area (Å²) < 4.78 is 16.0. The van der Waals surface area contributed by atoms with Gasteiger partial charge in [-0.2, -0.15) is 0 Å². The van der Waals surface area contributed by atoms with Gasteiger partial charge in [-0.3, -0.25) is 14.4 Å². The van der Waals surface area contributed by atoms with Crippen LogP contribution in [0.4, 0.5) is 0 Å². The van der Waals surface area contributed by atoms with Gasteiger partial charge in [0.05, 0.1) is 5.92 Å². The fourth-order valence-electron chi connectivity index (χ4n) is 3.90. The van der Waals surface area contributed by atoms with E-state index in [2.05, 4.69) is 6.58 Å². The van der Waals surface area contributed by atoms with Gasteiger partial charge in [0.15, 0.2) is 5.41 Å². The van der Waals surface area contributed by atoms with Gasteiger partial charge >= 0.3 is 17.9 Å². The first-order chi connectivity index (χ1) is 11.3. The second-order valence-corrected chi connectivity index (χ2v) is 6.30. The summed E-state index contributed by atoms with van der Waals surface area (Å²) in [6.45, 7) is 6.51. The lowest BCUT2D eigenvalue weighted by Crippen LogP contribution is -2.69. The molecule has 0 saturated heterocycles. The number of hydrogen-bond acceptors (Lipinski definition) is 6. The summed E-state index contributed by atoms with van der Waals surface area (Å²) in [6, 6.07) is 6.93. The average Bonchev–Trinajstić information content (AvgIpc) is 2.50. The van der Waals surface area contributed by atoms with Crippen LogP contribution in [0.1, 0.15) is 31.7 Å². The zero-order valence-corrected chi connectivity index (χ0v) is 13.5. The first kappa shape index (κ1) is 16.2. The third-order valence-corrected chi connectivity index (χ3v) is 4.60. The SMILES string of the molecule is C=CCOC(=O)[C@]12C[C@@](C)(OC(C)=O)[C@H]1c1ccccc1OC2=O. The Balaban J connectivity index is 2.09. The number of ether oxygens (including phenoxy) is 3. The van der Waals surface area contributed by atoms with Gasteiger partial charge < -0.3 is 14.2 Å². The van der Waals surface area contributed by atoms with E-state index in [1.807, 2.05) is 0 Å². The molecule has 1 heterocycles. The summed E-state index contributed by atoms with van der Waals surface area (Å²) in [4.78, 5) is 36.8. The summed E-state index contributed by atoms with van der Waals surface area (Å²) in [5.41, 5.74) is -1.82. The van der Waals surface area contributed by atoms with Crippen LogP contribution in [0, 0.1) is 5.41 Å².